The molecule has 3 aromatic carbocycles. The summed E-state index contributed by atoms with van der Waals surface area (Å²) in [6.07, 6.45) is 0. The van der Waals surface area contributed by atoms with Crippen LogP contribution in [-0.4, -0.2) is 17.2 Å². The average molecular weight is 300 g/mol. The van der Waals surface area contributed by atoms with E-state index in [0.717, 1.165) is 21.9 Å². The van der Waals surface area contributed by atoms with Crippen LogP contribution < -0.4 is 5.46 Å². The molecule has 0 spiro atoms. The normalized spacial score (nSPS) is 10.3. The molecule has 0 aromatic heterocycles. The highest BCUT2D eigenvalue weighted by Crippen LogP contribution is 2.15. The lowest BCUT2D eigenvalue weighted by atomic mass is 9.79. The Balaban J connectivity index is 1.95. The van der Waals surface area contributed by atoms with Crippen molar-refractivity contribution in [3.8, 4) is 11.8 Å². The van der Waals surface area contributed by atoms with Gasteiger partial charge in [-0.2, -0.15) is 0 Å². The topological polar surface area (TPSA) is 40.5 Å². The summed E-state index contributed by atoms with van der Waals surface area (Å²) >= 11 is 0. The maximum atomic E-state index is 9.23. The Kier molecular flexibility index (Phi) is 4.21. The molecule has 0 saturated carbocycles. The molecule has 112 valence electrons. The summed E-state index contributed by atoms with van der Waals surface area (Å²) in [6.45, 7) is 4.14. The molecule has 2 N–H and O–H groups in total. The van der Waals surface area contributed by atoms with E-state index in [1.54, 1.807) is 12.1 Å². The SMILES string of the molecule is Cc1ccc(C#Cc2ccc3cc(B(O)O)ccc3c2)c(C)c1. The zero-order valence-electron chi connectivity index (χ0n) is 13.2. The lowest BCUT2D eigenvalue weighted by Gasteiger charge is -2.03. The van der Waals surface area contributed by atoms with Crippen LogP contribution in [0.3, 0.4) is 0 Å². The molecule has 0 aliphatic heterocycles. The van der Waals surface area contributed by atoms with Gasteiger partial charge in [-0.05, 0) is 53.8 Å². The van der Waals surface area contributed by atoms with Crippen LogP contribution in [0.5, 0.6) is 0 Å². The van der Waals surface area contributed by atoms with Crippen LogP contribution in [0.4, 0.5) is 0 Å². The Bertz CT molecular complexity index is 933. The molecule has 0 amide bonds. The zero-order chi connectivity index (χ0) is 16.4. The zero-order valence-corrected chi connectivity index (χ0v) is 13.2. The van der Waals surface area contributed by atoms with Gasteiger partial charge in [-0.15, -0.1) is 0 Å². The van der Waals surface area contributed by atoms with Crippen LogP contribution in [0.15, 0.2) is 54.6 Å². The van der Waals surface area contributed by atoms with Crippen molar-refractivity contribution in [2.45, 2.75) is 13.8 Å². The molecule has 3 rings (SSSR count). The average Bonchev–Trinajstić information content (AvgIpc) is 2.53. The summed E-state index contributed by atoms with van der Waals surface area (Å²) in [5.41, 5.74) is 4.89. The minimum Gasteiger partial charge on any atom is -0.423 e. The maximum absolute atomic E-state index is 9.23. The Hall–Kier alpha value is -2.54. The van der Waals surface area contributed by atoms with Crippen LogP contribution in [0.1, 0.15) is 22.3 Å². The Morgan fingerprint density at radius 2 is 1.52 bits per heavy atom. The van der Waals surface area contributed by atoms with Crippen molar-refractivity contribution >= 4 is 23.4 Å². The highest BCUT2D eigenvalue weighted by atomic mass is 16.4. The molecule has 0 unspecified atom stereocenters. The van der Waals surface area contributed by atoms with E-state index in [2.05, 4.69) is 37.8 Å². The van der Waals surface area contributed by atoms with Crippen molar-refractivity contribution in [1.29, 1.82) is 0 Å². The predicted octanol–water partition coefficient (Wildman–Crippen LogP) is 2.54. The molecule has 3 aromatic rings. The number of hydrogen-bond acceptors (Lipinski definition) is 2. The molecule has 0 saturated heterocycles. The van der Waals surface area contributed by atoms with Crippen molar-refractivity contribution in [2.24, 2.45) is 0 Å². The van der Waals surface area contributed by atoms with Crippen LogP contribution in [-0.2, 0) is 0 Å². The first-order valence-electron chi connectivity index (χ1n) is 7.52. The van der Waals surface area contributed by atoms with Crippen LogP contribution >= 0.6 is 0 Å². The number of benzene rings is 3. The summed E-state index contributed by atoms with van der Waals surface area (Å²) < 4.78 is 0. The van der Waals surface area contributed by atoms with Gasteiger partial charge in [0.15, 0.2) is 0 Å². The monoisotopic (exact) mass is 300 g/mol. The number of rotatable bonds is 1. The summed E-state index contributed by atoms with van der Waals surface area (Å²) in [5, 5.41) is 20.4. The molecule has 0 fully saturated rings. The molecule has 0 heterocycles. The van der Waals surface area contributed by atoms with Crippen molar-refractivity contribution < 1.29 is 10.0 Å². The first-order valence-corrected chi connectivity index (χ1v) is 7.52. The summed E-state index contributed by atoms with van der Waals surface area (Å²) in [5.74, 6) is 6.42. The van der Waals surface area contributed by atoms with Gasteiger partial charge < -0.3 is 10.0 Å². The molecule has 0 atom stereocenters. The van der Waals surface area contributed by atoms with Crippen molar-refractivity contribution in [2.75, 3.05) is 0 Å². The minimum atomic E-state index is -1.44. The van der Waals surface area contributed by atoms with Gasteiger partial charge in [-0.3, -0.25) is 0 Å². The van der Waals surface area contributed by atoms with Crippen LogP contribution in [0.25, 0.3) is 10.8 Å². The second-order valence-electron chi connectivity index (χ2n) is 5.76. The molecule has 2 nitrogen and oxygen atoms in total. The molecular formula is C20H17BO2. The quantitative estimate of drug-likeness (QED) is 0.535. The van der Waals surface area contributed by atoms with Crippen LogP contribution in [0.2, 0.25) is 0 Å². The van der Waals surface area contributed by atoms with E-state index in [4.69, 9.17) is 0 Å². The third kappa shape index (κ3) is 3.45. The van der Waals surface area contributed by atoms with Gasteiger partial charge in [0.2, 0.25) is 0 Å². The van der Waals surface area contributed by atoms with Crippen LogP contribution in [0, 0.1) is 25.7 Å². The molecule has 0 radical (unpaired) electrons. The minimum absolute atomic E-state index is 0.492. The van der Waals surface area contributed by atoms with Gasteiger partial charge in [-0.1, -0.05) is 53.8 Å². The van der Waals surface area contributed by atoms with E-state index in [1.807, 2.05) is 30.3 Å². The van der Waals surface area contributed by atoms with Gasteiger partial charge in [0.25, 0.3) is 0 Å². The Labute approximate surface area is 136 Å². The van der Waals surface area contributed by atoms with E-state index in [0.29, 0.717) is 5.46 Å². The van der Waals surface area contributed by atoms with E-state index in [-0.39, 0.29) is 0 Å². The van der Waals surface area contributed by atoms with E-state index in [1.165, 1.54) is 11.1 Å². The molecule has 0 aliphatic rings. The predicted molar refractivity (Wildman–Crippen MR) is 95.7 cm³/mol. The van der Waals surface area contributed by atoms with Crippen molar-refractivity contribution in [3.05, 3.63) is 76.9 Å². The molecular weight excluding hydrogens is 283 g/mol. The Morgan fingerprint density at radius 1 is 0.783 bits per heavy atom. The molecule has 0 bridgehead atoms. The largest absolute Gasteiger partial charge is 0.488 e. The summed E-state index contributed by atoms with van der Waals surface area (Å²) in [4.78, 5) is 0. The van der Waals surface area contributed by atoms with Gasteiger partial charge >= 0.3 is 7.12 Å². The fourth-order valence-electron chi connectivity index (χ4n) is 2.60. The van der Waals surface area contributed by atoms with Gasteiger partial charge in [0, 0.05) is 11.1 Å². The Morgan fingerprint density at radius 3 is 2.26 bits per heavy atom. The van der Waals surface area contributed by atoms with E-state index < -0.39 is 7.12 Å². The number of fused-ring (bicyclic) bond motifs is 1. The first-order chi connectivity index (χ1) is 11.0. The van der Waals surface area contributed by atoms with Gasteiger partial charge in [-0.25, -0.2) is 0 Å². The molecule has 23 heavy (non-hydrogen) atoms. The first kappa shape index (κ1) is 15.4. The molecule has 0 aliphatic carbocycles. The lowest BCUT2D eigenvalue weighted by molar-refractivity contribution is 0.426. The fourth-order valence-corrected chi connectivity index (χ4v) is 2.60. The van der Waals surface area contributed by atoms with E-state index >= 15 is 0 Å². The molecule has 3 heteroatoms. The van der Waals surface area contributed by atoms with Crippen molar-refractivity contribution in [1.82, 2.24) is 0 Å². The summed E-state index contributed by atoms with van der Waals surface area (Å²) in [6, 6.07) is 17.5. The second kappa shape index (κ2) is 6.30. The summed E-state index contributed by atoms with van der Waals surface area (Å²) in [7, 11) is -1.44. The van der Waals surface area contributed by atoms with Gasteiger partial charge in [0.1, 0.15) is 0 Å². The third-order valence-electron chi connectivity index (χ3n) is 3.89. The third-order valence-corrected chi connectivity index (χ3v) is 3.89. The second-order valence-corrected chi connectivity index (χ2v) is 5.76. The number of hydrogen-bond donors (Lipinski definition) is 2. The van der Waals surface area contributed by atoms with Gasteiger partial charge in [0.05, 0.1) is 0 Å². The smallest absolute Gasteiger partial charge is 0.423 e. The lowest BCUT2D eigenvalue weighted by Crippen LogP contribution is -2.29. The maximum Gasteiger partial charge on any atom is 0.488 e. The highest BCUT2D eigenvalue weighted by Gasteiger charge is 2.10. The van der Waals surface area contributed by atoms with Crippen molar-refractivity contribution in [3.63, 3.8) is 0 Å². The fraction of sp³-hybridized carbons (Fsp3) is 0.100. The van der Waals surface area contributed by atoms with E-state index in [9.17, 15) is 10.0 Å². The standard InChI is InChI=1S/C20H17BO2/c1-14-3-6-17(15(2)11-14)7-4-16-5-8-19-13-20(21(22)23)10-9-18(19)12-16/h3,5-6,8-13,22-23H,1-2H3. The number of aryl methyl sites for hydroxylation is 2. The highest BCUT2D eigenvalue weighted by molar-refractivity contribution is 6.58.